The van der Waals surface area contributed by atoms with Gasteiger partial charge in [-0.2, -0.15) is 0 Å². The largest absolute Gasteiger partial charge is 0.472 e. The van der Waals surface area contributed by atoms with E-state index in [4.69, 9.17) is 13.8 Å². The van der Waals surface area contributed by atoms with Crippen LogP contribution in [0.25, 0.3) is 0 Å². The summed E-state index contributed by atoms with van der Waals surface area (Å²) in [5.74, 6) is -0.523. The fourth-order valence-corrected chi connectivity index (χ4v) is 10.3. The molecule has 2 N–H and O–H groups in total. The topological polar surface area (TPSA) is 111 Å². The third kappa shape index (κ3) is 58.4. The van der Waals surface area contributed by atoms with Gasteiger partial charge in [-0.25, -0.2) is 4.57 Å². The molecule has 0 saturated heterocycles. The SMILES string of the molecule is CC/C=C/C/C=C/C/C=C/CCCCCCC(=O)NC(COP(=O)(O)OCC[N+](C)(C)C)C(/C=C\CCCCCCCCCCC)OC(=O)CCCCCCCCCCCCCCCCCCC/C=C/CCCCCCCC. The molecule has 9 nitrogen and oxygen atoms in total. The fourth-order valence-electron chi connectivity index (χ4n) is 9.60. The zero-order valence-corrected chi connectivity index (χ0v) is 53.1. The van der Waals surface area contributed by atoms with E-state index in [9.17, 15) is 19.0 Å². The quantitative estimate of drug-likeness (QED) is 0.0205. The number of amides is 1. The van der Waals surface area contributed by atoms with Crippen LogP contribution in [-0.4, -0.2) is 74.3 Å². The average Bonchev–Trinajstić information content (AvgIpc) is 3.40. The molecule has 0 bridgehead atoms. The first-order chi connectivity index (χ1) is 37.9. The van der Waals surface area contributed by atoms with Gasteiger partial charge in [0.05, 0.1) is 33.8 Å². The van der Waals surface area contributed by atoms with E-state index >= 15 is 0 Å². The predicted molar refractivity (Wildman–Crippen MR) is 337 cm³/mol. The minimum absolute atomic E-state index is 0.0354. The van der Waals surface area contributed by atoms with E-state index in [1.54, 1.807) is 0 Å². The smallest absolute Gasteiger partial charge is 0.456 e. The van der Waals surface area contributed by atoms with Crippen molar-refractivity contribution < 1.29 is 37.3 Å². The zero-order chi connectivity index (χ0) is 57.2. The maximum Gasteiger partial charge on any atom is 0.472 e. The molecular formula is C68H128N2O7P+. The number of carbonyl (C=O) groups is 2. The van der Waals surface area contributed by atoms with Gasteiger partial charge in [0.25, 0.3) is 0 Å². The summed E-state index contributed by atoms with van der Waals surface area (Å²) in [7, 11) is 1.48. The number of ether oxygens (including phenoxy) is 1. The van der Waals surface area contributed by atoms with Gasteiger partial charge in [-0.1, -0.05) is 268 Å². The molecule has 3 atom stereocenters. The molecule has 0 aromatic heterocycles. The summed E-state index contributed by atoms with van der Waals surface area (Å²) >= 11 is 0. The molecule has 0 heterocycles. The van der Waals surface area contributed by atoms with E-state index in [1.165, 1.54) is 186 Å². The molecule has 0 fully saturated rings. The van der Waals surface area contributed by atoms with Crippen LogP contribution in [-0.2, 0) is 27.9 Å². The van der Waals surface area contributed by atoms with Crippen LogP contribution in [0, 0.1) is 0 Å². The van der Waals surface area contributed by atoms with Crippen LogP contribution >= 0.6 is 7.82 Å². The molecule has 0 aliphatic rings. The van der Waals surface area contributed by atoms with Crippen molar-refractivity contribution in [3.05, 3.63) is 60.8 Å². The van der Waals surface area contributed by atoms with Gasteiger partial charge in [0.15, 0.2) is 0 Å². The van der Waals surface area contributed by atoms with Gasteiger partial charge in [-0.05, 0) is 89.5 Å². The Morgan fingerprint density at radius 1 is 0.462 bits per heavy atom. The summed E-state index contributed by atoms with van der Waals surface area (Å²) in [6, 6.07) is -0.859. The summed E-state index contributed by atoms with van der Waals surface area (Å²) in [4.78, 5) is 37.7. The number of hydrogen-bond donors (Lipinski definition) is 2. The molecule has 0 aromatic carbocycles. The lowest BCUT2D eigenvalue weighted by Gasteiger charge is -2.27. The first-order valence-corrected chi connectivity index (χ1v) is 34.6. The van der Waals surface area contributed by atoms with Gasteiger partial charge in [0, 0.05) is 12.8 Å². The number of carbonyl (C=O) groups excluding carboxylic acids is 2. The second-order valence-corrected chi connectivity index (χ2v) is 25.1. The molecule has 0 rings (SSSR count). The molecule has 0 saturated carbocycles. The Morgan fingerprint density at radius 2 is 0.821 bits per heavy atom. The lowest BCUT2D eigenvalue weighted by atomic mass is 10.0. The lowest BCUT2D eigenvalue weighted by molar-refractivity contribution is -0.870. The molecule has 78 heavy (non-hydrogen) atoms. The summed E-state index contributed by atoms with van der Waals surface area (Å²) in [6.45, 7) is 6.89. The molecule has 456 valence electrons. The van der Waals surface area contributed by atoms with Crippen LogP contribution < -0.4 is 5.32 Å². The highest BCUT2D eigenvalue weighted by molar-refractivity contribution is 7.47. The minimum Gasteiger partial charge on any atom is -0.456 e. The maximum atomic E-state index is 13.5. The van der Waals surface area contributed by atoms with Crippen molar-refractivity contribution in [1.82, 2.24) is 5.32 Å². The number of likely N-dealkylation sites (N-methyl/N-ethyl adjacent to an activating group) is 1. The summed E-state index contributed by atoms with van der Waals surface area (Å²) in [5, 5.41) is 3.04. The standard InChI is InChI=1S/C68H127N2O7P/c1-7-10-13-16-19-22-25-27-29-30-31-32-33-34-35-36-37-38-39-40-41-43-46-49-52-55-58-61-68(72)77-66(59-56-53-50-47-44-24-21-18-15-12-9-3)65(64-76-78(73,74)75-63-62-70(4,5)6)69-67(71)60-57-54-51-48-45-42-28-26-23-20-17-14-11-8-2/h11,14,20,23,27-29,42,56,59,65-66H,7-10,12-13,15-19,21-22,24-26,30-41,43-55,57-58,60-64H2,1-6H3,(H-,69,71,73,74)/p+1/b14-11+,23-20+,29-27+,42-28+,59-56-. The highest BCUT2D eigenvalue weighted by Crippen LogP contribution is 2.43. The molecule has 0 radical (unpaired) electrons. The summed E-state index contributed by atoms with van der Waals surface area (Å²) < 4.78 is 30.7. The van der Waals surface area contributed by atoms with Crippen molar-refractivity contribution in [2.75, 3.05) is 40.9 Å². The molecular weight excluding hydrogens is 988 g/mol. The van der Waals surface area contributed by atoms with E-state index in [0.29, 0.717) is 17.4 Å². The molecule has 0 aromatic rings. The first-order valence-electron chi connectivity index (χ1n) is 33.1. The number of rotatable bonds is 60. The molecule has 0 aliphatic carbocycles. The number of allylic oxidation sites excluding steroid dienone is 9. The molecule has 0 aliphatic heterocycles. The Labute approximate surface area is 483 Å². The van der Waals surface area contributed by atoms with Crippen molar-refractivity contribution >= 4 is 19.7 Å². The van der Waals surface area contributed by atoms with Crippen molar-refractivity contribution in [3.63, 3.8) is 0 Å². The number of phosphoric acid groups is 1. The number of nitrogens with zero attached hydrogens (tertiary/aromatic N) is 1. The second-order valence-electron chi connectivity index (χ2n) is 23.6. The van der Waals surface area contributed by atoms with E-state index in [-0.39, 0.29) is 31.5 Å². The van der Waals surface area contributed by atoms with Crippen molar-refractivity contribution in [2.24, 2.45) is 0 Å². The number of phosphoric ester groups is 1. The van der Waals surface area contributed by atoms with E-state index in [2.05, 4.69) is 74.7 Å². The Bertz CT molecular complexity index is 1520. The van der Waals surface area contributed by atoms with Gasteiger partial charge in [0.2, 0.25) is 5.91 Å². The van der Waals surface area contributed by atoms with Gasteiger partial charge in [-0.15, -0.1) is 0 Å². The highest BCUT2D eigenvalue weighted by Gasteiger charge is 2.30. The van der Waals surface area contributed by atoms with Crippen LogP contribution in [0.2, 0.25) is 0 Å². The van der Waals surface area contributed by atoms with Crippen molar-refractivity contribution in [2.45, 2.75) is 322 Å². The molecule has 0 spiro atoms. The number of nitrogens with one attached hydrogen (secondary N) is 1. The van der Waals surface area contributed by atoms with E-state index in [1.807, 2.05) is 33.3 Å². The Kier molecular flexibility index (Phi) is 56.2. The normalized spacial score (nSPS) is 14.0. The fraction of sp³-hybridized carbons (Fsp3) is 0.824. The van der Waals surface area contributed by atoms with Gasteiger partial charge < -0.3 is 19.4 Å². The van der Waals surface area contributed by atoms with Crippen LogP contribution in [0.5, 0.6) is 0 Å². The van der Waals surface area contributed by atoms with Crippen LogP contribution in [0.4, 0.5) is 0 Å². The Morgan fingerprint density at radius 3 is 1.24 bits per heavy atom. The minimum atomic E-state index is -4.45. The van der Waals surface area contributed by atoms with E-state index in [0.717, 1.165) is 89.9 Å². The first kappa shape index (κ1) is 75.7. The monoisotopic (exact) mass is 1120 g/mol. The third-order valence-corrected chi connectivity index (χ3v) is 15.7. The number of quaternary nitrogens is 1. The molecule has 3 unspecified atom stereocenters. The number of hydrogen-bond acceptors (Lipinski definition) is 6. The van der Waals surface area contributed by atoms with Gasteiger partial charge in [0.1, 0.15) is 19.3 Å². The lowest BCUT2D eigenvalue weighted by Crippen LogP contribution is -2.47. The Hall–Kier alpha value is -2.29. The summed E-state index contributed by atoms with van der Waals surface area (Å²) in [5.41, 5.74) is 0. The number of esters is 1. The average molecular weight is 1120 g/mol. The third-order valence-electron chi connectivity index (χ3n) is 14.7. The van der Waals surface area contributed by atoms with Crippen molar-refractivity contribution in [1.29, 1.82) is 0 Å². The van der Waals surface area contributed by atoms with Gasteiger partial charge >= 0.3 is 13.8 Å². The van der Waals surface area contributed by atoms with Crippen LogP contribution in [0.15, 0.2) is 60.8 Å². The molecule has 10 heteroatoms. The highest BCUT2D eigenvalue weighted by atomic mass is 31.2. The Balaban J connectivity index is 4.98. The maximum absolute atomic E-state index is 13.5. The van der Waals surface area contributed by atoms with Gasteiger partial charge in [-0.3, -0.25) is 18.6 Å². The summed E-state index contributed by atoms with van der Waals surface area (Å²) in [6.07, 6.45) is 73.9. The number of unbranched alkanes of at least 4 members (excludes halogenated alkanes) is 36. The predicted octanol–water partition coefficient (Wildman–Crippen LogP) is 20.6. The van der Waals surface area contributed by atoms with Crippen molar-refractivity contribution in [3.8, 4) is 0 Å². The van der Waals surface area contributed by atoms with E-state index < -0.39 is 20.0 Å². The van der Waals surface area contributed by atoms with Crippen LogP contribution in [0.3, 0.4) is 0 Å². The second kappa shape index (κ2) is 57.9. The molecule has 1 amide bonds. The van der Waals surface area contributed by atoms with Crippen LogP contribution in [0.1, 0.15) is 310 Å². The zero-order valence-electron chi connectivity index (χ0n) is 52.2.